The van der Waals surface area contributed by atoms with Gasteiger partial charge in [-0.1, -0.05) is 17.7 Å². The molecule has 3 heteroatoms. The zero-order valence-corrected chi connectivity index (χ0v) is 9.87. The molecule has 1 aliphatic heterocycles. The van der Waals surface area contributed by atoms with Crippen molar-refractivity contribution in [1.82, 2.24) is 0 Å². The minimum atomic E-state index is -0.190. The lowest BCUT2D eigenvalue weighted by atomic mass is 9.93. The second-order valence-corrected chi connectivity index (χ2v) is 4.31. The summed E-state index contributed by atoms with van der Waals surface area (Å²) in [5, 5.41) is 0. The van der Waals surface area contributed by atoms with E-state index in [0.29, 0.717) is 13.0 Å². The monoisotopic (exact) mass is 220 g/mol. The molecule has 0 saturated heterocycles. The summed E-state index contributed by atoms with van der Waals surface area (Å²) in [6, 6.07) is 4.18. The molecule has 0 aliphatic carbocycles. The van der Waals surface area contributed by atoms with E-state index in [-0.39, 0.29) is 11.9 Å². The first-order valence-corrected chi connectivity index (χ1v) is 5.42. The molecule has 1 heterocycles. The predicted molar refractivity (Wildman–Crippen MR) is 60.6 cm³/mol. The molecule has 1 aromatic rings. The van der Waals surface area contributed by atoms with E-state index in [0.717, 1.165) is 16.9 Å². The first-order valence-electron chi connectivity index (χ1n) is 5.42. The van der Waals surface area contributed by atoms with Crippen LogP contribution in [0.15, 0.2) is 12.1 Å². The number of aryl methyl sites for hydroxylation is 2. The van der Waals surface area contributed by atoms with Crippen LogP contribution >= 0.6 is 0 Å². The van der Waals surface area contributed by atoms with Gasteiger partial charge in [-0.05, 0) is 31.4 Å². The Morgan fingerprint density at radius 1 is 1.44 bits per heavy atom. The Morgan fingerprint density at radius 3 is 2.88 bits per heavy atom. The molecule has 0 fully saturated rings. The third-order valence-electron chi connectivity index (χ3n) is 2.93. The van der Waals surface area contributed by atoms with E-state index in [1.54, 1.807) is 0 Å². The second kappa shape index (κ2) is 4.16. The average Bonchev–Trinajstić information content (AvgIpc) is 2.27. The second-order valence-electron chi connectivity index (χ2n) is 4.31. The molecule has 86 valence electrons. The zero-order chi connectivity index (χ0) is 11.7. The molecule has 1 aromatic carbocycles. The molecular formula is C13H16O3. The van der Waals surface area contributed by atoms with Crippen molar-refractivity contribution in [2.75, 3.05) is 13.7 Å². The highest BCUT2D eigenvalue weighted by atomic mass is 16.5. The van der Waals surface area contributed by atoms with E-state index in [4.69, 9.17) is 9.47 Å². The molecule has 2 rings (SSSR count). The van der Waals surface area contributed by atoms with Crippen LogP contribution in [0.5, 0.6) is 5.75 Å². The molecule has 0 saturated carbocycles. The third-order valence-corrected chi connectivity index (χ3v) is 2.93. The van der Waals surface area contributed by atoms with Gasteiger partial charge in [0.05, 0.1) is 13.0 Å². The molecule has 0 N–H and O–H groups in total. The molecule has 0 amide bonds. The molecule has 1 aliphatic rings. The first kappa shape index (κ1) is 11.0. The van der Waals surface area contributed by atoms with E-state index in [9.17, 15) is 4.79 Å². The van der Waals surface area contributed by atoms with Gasteiger partial charge in [0.1, 0.15) is 12.4 Å². The minimum absolute atomic E-state index is 0.168. The molecule has 0 spiro atoms. The number of rotatable bonds is 1. The Kier molecular flexibility index (Phi) is 2.86. The van der Waals surface area contributed by atoms with Crippen molar-refractivity contribution < 1.29 is 14.3 Å². The Balaban J connectivity index is 2.30. The molecule has 16 heavy (non-hydrogen) atoms. The topological polar surface area (TPSA) is 35.5 Å². The van der Waals surface area contributed by atoms with E-state index >= 15 is 0 Å². The summed E-state index contributed by atoms with van der Waals surface area (Å²) >= 11 is 0. The number of ether oxygens (including phenoxy) is 2. The van der Waals surface area contributed by atoms with Gasteiger partial charge in [0.25, 0.3) is 0 Å². The van der Waals surface area contributed by atoms with Crippen LogP contribution in [0.2, 0.25) is 0 Å². The van der Waals surface area contributed by atoms with Crippen LogP contribution in [0, 0.1) is 19.8 Å². The molecule has 0 bridgehead atoms. The highest BCUT2D eigenvalue weighted by Crippen LogP contribution is 2.32. The normalized spacial score (nSPS) is 18.6. The van der Waals surface area contributed by atoms with Gasteiger partial charge >= 0.3 is 5.97 Å². The standard InChI is InChI=1S/C13H16O3/c1-8-4-9(2)12-10(5-8)6-11(7-16-12)13(14)15-3/h4-5,11H,6-7H2,1-3H3. The SMILES string of the molecule is COC(=O)C1COc2c(C)cc(C)cc2C1. The van der Waals surface area contributed by atoms with Crippen LogP contribution in [0.3, 0.4) is 0 Å². The highest BCUT2D eigenvalue weighted by Gasteiger charge is 2.27. The van der Waals surface area contributed by atoms with Gasteiger partial charge in [0.15, 0.2) is 0 Å². The quantitative estimate of drug-likeness (QED) is 0.679. The summed E-state index contributed by atoms with van der Waals surface area (Å²) in [6.07, 6.45) is 0.713. The number of benzene rings is 1. The van der Waals surface area contributed by atoms with E-state index in [1.165, 1.54) is 12.7 Å². The fourth-order valence-electron chi connectivity index (χ4n) is 2.23. The van der Waals surface area contributed by atoms with Crippen molar-refractivity contribution >= 4 is 5.97 Å². The zero-order valence-electron chi connectivity index (χ0n) is 9.87. The molecule has 0 radical (unpaired) electrons. The first-order chi connectivity index (χ1) is 7.61. The van der Waals surface area contributed by atoms with E-state index in [2.05, 4.69) is 19.1 Å². The van der Waals surface area contributed by atoms with Gasteiger partial charge in [-0.3, -0.25) is 4.79 Å². The van der Waals surface area contributed by atoms with Crippen LogP contribution in [-0.4, -0.2) is 19.7 Å². The highest BCUT2D eigenvalue weighted by molar-refractivity contribution is 5.73. The third kappa shape index (κ3) is 1.90. The summed E-state index contributed by atoms with van der Waals surface area (Å²) in [5.74, 6) is 0.578. The maximum Gasteiger partial charge on any atom is 0.312 e. The van der Waals surface area contributed by atoms with Crippen LogP contribution in [0.1, 0.15) is 16.7 Å². The van der Waals surface area contributed by atoms with Crippen LogP contribution in [0.25, 0.3) is 0 Å². The summed E-state index contributed by atoms with van der Waals surface area (Å²) in [4.78, 5) is 11.4. The van der Waals surface area contributed by atoms with Crippen LogP contribution in [0.4, 0.5) is 0 Å². The molecule has 3 nitrogen and oxygen atoms in total. The smallest absolute Gasteiger partial charge is 0.312 e. The number of carbonyl (C=O) groups is 1. The lowest BCUT2D eigenvalue weighted by molar-refractivity contribution is -0.146. The summed E-state index contributed by atoms with van der Waals surface area (Å²) in [7, 11) is 1.42. The van der Waals surface area contributed by atoms with E-state index in [1.807, 2.05) is 6.92 Å². The predicted octanol–water partition coefficient (Wildman–Crippen LogP) is 2.03. The number of methoxy groups -OCH3 is 1. The molecule has 1 unspecified atom stereocenters. The summed E-state index contributed by atoms with van der Waals surface area (Å²) in [6.45, 7) is 4.50. The summed E-state index contributed by atoms with van der Waals surface area (Å²) < 4.78 is 10.4. The van der Waals surface area contributed by atoms with Gasteiger partial charge in [-0.25, -0.2) is 0 Å². The van der Waals surface area contributed by atoms with Crippen LogP contribution < -0.4 is 4.74 Å². The number of carbonyl (C=O) groups excluding carboxylic acids is 1. The minimum Gasteiger partial charge on any atom is -0.492 e. The Labute approximate surface area is 95.4 Å². The Bertz CT molecular complexity index is 423. The fourth-order valence-corrected chi connectivity index (χ4v) is 2.23. The van der Waals surface area contributed by atoms with E-state index < -0.39 is 0 Å². The number of hydrogen-bond donors (Lipinski definition) is 0. The summed E-state index contributed by atoms with van der Waals surface area (Å²) in [5.41, 5.74) is 3.45. The number of esters is 1. The van der Waals surface area contributed by atoms with Gasteiger partial charge in [-0.15, -0.1) is 0 Å². The van der Waals surface area contributed by atoms with Gasteiger partial charge in [0.2, 0.25) is 0 Å². The molecule has 0 aromatic heterocycles. The average molecular weight is 220 g/mol. The van der Waals surface area contributed by atoms with Crippen molar-refractivity contribution in [3.8, 4) is 5.75 Å². The molecule has 1 atom stereocenters. The Hall–Kier alpha value is -1.51. The van der Waals surface area contributed by atoms with Crippen molar-refractivity contribution in [2.24, 2.45) is 5.92 Å². The van der Waals surface area contributed by atoms with Crippen molar-refractivity contribution in [3.63, 3.8) is 0 Å². The largest absolute Gasteiger partial charge is 0.492 e. The van der Waals surface area contributed by atoms with Crippen molar-refractivity contribution in [2.45, 2.75) is 20.3 Å². The molecular weight excluding hydrogens is 204 g/mol. The maximum atomic E-state index is 11.4. The number of fused-ring (bicyclic) bond motifs is 1. The Morgan fingerprint density at radius 2 is 2.19 bits per heavy atom. The van der Waals surface area contributed by atoms with Gasteiger partial charge in [-0.2, -0.15) is 0 Å². The van der Waals surface area contributed by atoms with Crippen LogP contribution in [-0.2, 0) is 16.0 Å². The fraction of sp³-hybridized carbons (Fsp3) is 0.462. The van der Waals surface area contributed by atoms with Crippen molar-refractivity contribution in [3.05, 3.63) is 28.8 Å². The van der Waals surface area contributed by atoms with Crippen molar-refractivity contribution in [1.29, 1.82) is 0 Å². The lowest BCUT2D eigenvalue weighted by Crippen LogP contribution is -2.29. The lowest BCUT2D eigenvalue weighted by Gasteiger charge is -2.25. The van der Waals surface area contributed by atoms with Gasteiger partial charge in [0, 0.05) is 0 Å². The maximum absolute atomic E-state index is 11.4. The number of hydrogen-bond acceptors (Lipinski definition) is 3. The van der Waals surface area contributed by atoms with Gasteiger partial charge < -0.3 is 9.47 Å².